The molecule has 0 spiro atoms. The van der Waals surface area contributed by atoms with Crippen molar-refractivity contribution in [2.24, 2.45) is 0 Å². The van der Waals surface area contributed by atoms with Crippen LogP contribution in [0.1, 0.15) is 30.7 Å². The molecule has 0 aliphatic rings. The maximum Gasteiger partial charge on any atom is 0.153 e. The number of rotatable bonds is 4. The molecule has 4 nitrogen and oxygen atoms in total. The Hall–Kier alpha value is -4.12. The van der Waals surface area contributed by atoms with E-state index in [2.05, 4.69) is 15.0 Å². The monoisotopic (exact) mass is 448 g/mol. The molecule has 164 valence electrons. The van der Waals surface area contributed by atoms with Crippen LogP contribution in [-0.4, -0.2) is 15.0 Å². The minimum absolute atomic E-state index is 0.104. The second-order valence-corrected chi connectivity index (χ2v) is 7.82. The van der Waals surface area contributed by atoms with E-state index >= 15 is 0 Å². The summed E-state index contributed by atoms with van der Waals surface area (Å²) < 4.78 is 56.0. The molecule has 0 bridgehead atoms. The summed E-state index contributed by atoms with van der Waals surface area (Å²) in [5, 5.41) is 9.10. The zero-order valence-corrected chi connectivity index (χ0v) is 17.6. The molecule has 4 aromatic rings. The predicted molar refractivity (Wildman–Crippen MR) is 114 cm³/mol. The van der Waals surface area contributed by atoms with E-state index < -0.39 is 34.2 Å². The molecule has 0 unspecified atom stereocenters. The molecular formula is C25H16F4N4. The molecule has 3 aromatic heterocycles. The Kier molecular flexibility index (Phi) is 5.64. The molecular weight excluding hydrogens is 432 g/mol. The standard InChI is InChI=1S/C25H16F4N4/c1-25(2,16-9-10-17(27)15(12-30)23(16)29)22-8-4-6-20(33-22)19-5-3-7-21(32-19)24-18(28)11-14(26)13-31-24/h3-11,13H,1-2H3. The van der Waals surface area contributed by atoms with Crippen LogP contribution >= 0.6 is 0 Å². The molecule has 0 N–H and O–H groups in total. The van der Waals surface area contributed by atoms with Crippen LogP contribution in [0.5, 0.6) is 0 Å². The fourth-order valence-corrected chi connectivity index (χ4v) is 3.51. The lowest BCUT2D eigenvalue weighted by molar-refractivity contribution is 0.520. The Morgan fingerprint density at radius 3 is 2.18 bits per heavy atom. The number of benzene rings is 1. The van der Waals surface area contributed by atoms with Crippen molar-refractivity contribution >= 4 is 0 Å². The van der Waals surface area contributed by atoms with Gasteiger partial charge in [0.2, 0.25) is 0 Å². The van der Waals surface area contributed by atoms with Gasteiger partial charge in [-0.1, -0.05) is 32.0 Å². The predicted octanol–water partition coefficient (Wildman–Crippen LogP) is 5.96. The third kappa shape index (κ3) is 4.05. The highest BCUT2D eigenvalue weighted by Crippen LogP contribution is 2.34. The molecule has 0 saturated carbocycles. The highest BCUT2D eigenvalue weighted by molar-refractivity contribution is 5.62. The van der Waals surface area contributed by atoms with E-state index in [0.717, 1.165) is 18.3 Å². The summed E-state index contributed by atoms with van der Waals surface area (Å²) in [4.78, 5) is 12.8. The van der Waals surface area contributed by atoms with Gasteiger partial charge in [0.1, 0.15) is 34.8 Å². The lowest BCUT2D eigenvalue weighted by atomic mass is 9.80. The van der Waals surface area contributed by atoms with Crippen molar-refractivity contribution in [3.63, 3.8) is 0 Å². The van der Waals surface area contributed by atoms with Crippen LogP contribution in [0, 0.1) is 34.6 Å². The Morgan fingerprint density at radius 2 is 1.48 bits per heavy atom. The van der Waals surface area contributed by atoms with E-state index in [9.17, 15) is 17.6 Å². The van der Waals surface area contributed by atoms with Gasteiger partial charge in [0.15, 0.2) is 5.82 Å². The molecule has 0 fully saturated rings. The summed E-state index contributed by atoms with van der Waals surface area (Å²) in [5.41, 5.74) is -0.188. The Morgan fingerprint density at radius 1 is 0.818 bits per heavy atom. The molecule has 0 radical (unpaired) electrons. The van der Waals surface area contributed by atoms with Gasteiger partial charge < -0.3 is 0 Å². The third-order valence-corrected chi connectivity index (χ3v) is 5.33. The van der Waals surface area contributed by atoms with Crippen LogP contribution in [0.4, 0.5) is 17.6 Å². The van der Waals surface area contributed by atoms with E-state index in [1.165, 1.54) is 12.1 Å². The molecule has 0 saturated heterocycles. The van der Waals surface area contributed by atoms with Crippen molar-refractivity contribution in [1.82, 2.24) is 15.0 Å². The van der Waals surface area contributed by atoms with Crippen molar-refractivity contribution in [3.05, 3.63) is 101 Å². The van der Waals surface area contributed by atoms with Gasteiger partial charge in [0.05, 0.1) is 29.0 Å². The summed E-state index contributed by atoms with van der Waals surface area (Å²) in [5.74, 6) is -3.51. The number of hydrogen-bond donors (Lipinski definition) is 0. The normalized spacial score (nSPS) is 11.3. The Labute approximate surface area is 187 Å². The Bertz CT molecular complexity index is 1410. The molecule has 0 atom stereocenters. The fourth-order valence-electron chi connectivity index (χ4n) is 3.51. The smallest absolute Gasteiger partial charge is 0.153 e. The van der Waals surface area contributed by atoms with Crippen LogP contribution < -0.4 is 0 Å². The van der Waals surface area contributed by atoms with Crippen LogP contribution in [0.2, 0.25) is 0 Å². The van der Waals surface area contributed by atoms with Gasteiger partial charge in [-0.3, -0.25) is 4.98 Å². The number of hydrogen-bond acceptors (Lipinski definition) is 4. The summed E-state index contributed by atoms with van der Waals surface area (Å²) in [6.45, 7) is 3.41. The van der Waals surface area contributed by atoms with E-state index in [0.29, 0.717) is 17.1 Å². The van der Waals surface area contributed by atoms with Crippen molar-refractivity contribution < 1.29 is 17.6 Å². The first kappa shape index (κ1) is 22.1. The second-order valence-electron chi connectivity index (χ2n) is 7.82. The molecule has 4 rings (SSSR count). The van der Waals surface area contributed by atoms with Gasteiger partial charge in [0, 0.05) is 17.0 Å². The van der Waals surface area contributed by atoms with Gasteiger partial charge in [0.25, 0.3) is 0 Å². The first-order valence-corrected chi connectivity index (χ1v) is 9.87. The zero-order valence-electron chi connectivity index (χ0n) is 17.6. The largest absolute Gasteiger partial charge is 0.250 e. The van der Waals surface area contributed by atoms with Crippen molar-refractivity contribution in [3.8, 4) is 28.8 Å². The summed E-state index contributed by atoms with van der Waals surface area (Å²) >= 11 is 0. The minimum Gasteiger partial charge on any atom is -0.250 e. The second kappa shape index (κ2) is 8.43. The molecule has 33 heavy (non-hydrogen) atoms. The first-order valence-electron chi connectivity index (χ1n) is 9.87. The maximum atomic E-state index is 14.9. The lowest BCUT2D eigenvalue weighted by Gasteiger charge is -2.26. The van der Waals surface area contributed by atoms with Gasteiger partial charge >= 0.3 is 0 Å². The Balaban J connectivity index is 1.77. The number of aromatic nitrogens is 3. The van der Waals surface area contributed by atoms with Gasteiger partial charge in [-0.15, -0.1) is 0 Å². The first-order chi connectivity index (χ1) is 15.7. The van der Waals surface area contributed by atoms with Crippen LogP contribution in [0.15, 0.2) is 60.8 Å². The molecule has 1 aromatic carbocycles. The van der Waals surface area contributed by atoms with Crippen molar-refractivity contribution in [1.29, 1.82) is 5.26 Å². The number of nitrogens with zero attached hydrogens (tertiary/aromatic N) is 4. The lowest BCUT2D eigenvalue weighted by Crippen LogP contribution is -2.23. The molecule has 0 aliphatic carbocycles. The third-order valence-electron chi connectivity index (χ3n) is 5.33. The summed E-state index contributed by atoms with van der Waals surface area (Å²) in [6.07, 6.45) is 0.904. The number of pyridine rings is 3. The molecule has 0 amide bonds. The fraction of sp³-hybridized carbons (Fsp3) is 0.120. The van der Waals surface area contributed by atoms with Gasteiger partial charge in [-0.25, -0.2) is 27.5 Å². The maximum absolute atomic E-state index is 14.9. The van der Waals surface area contributed by atoms with E-state index in [1.54, 1.807) is 50.2 Å². The molecule has 8 heteroatoms. The zero-order chi connectivity index (χ0) is 23.8. The number of nitriles is 1. The highest BCUT2D eigenvalue weighted by atomic mass is 19.1. The molecule has 3 heterocycles. The van der Waals surface area contributed by atoms with Crippen LogP contribution in [0.25, 0.3) is 22.8 Å². The van der Waals surface area contributed by atoms with E-state index in [-0.39, 0.29) is 17.0 Å². The SMILES string of the molecule is CC(C)(c1cccc(-c2cccc(-c3ncc(F)cc3F)n2)n1)c1ccc(F)c(C#N)c1F. The van der Waals surface area contributed by atoms with Gasteiger partial charge in [-0.05, 0) is 30.3 Å². The average molecular weight is 448 g/mol. The van der Waals surface area contributed by atoms with Crippen molar-refractivity contribution in [2.75, 3.05) is 0 Å². The minimum atomic E-state index is -1.01. The van der Waals surface area contributed by atoms with Crippen LogP contribution in [-0.2, 0) is 5.41 Å². The van der Waals surface area contributed by atoms with Crippen molar-refractivity contribution in [2.45, 2.75) is 19.3 Å². The van der Waals surface area contributed by atoms with Gasteiger partial charge in [-0.2, -0.15) is 5.26 Å². The molecule has 0 aliphatic heterocycles. The summed E-state index contributed by atoms with van der Waals surface area (Å²) in [7, 11) is 0. The van der Waals surface area contributed by atoms with E-state index in [1.807, 2.05) is 0 Å². The topological polar surface area (TPSA) is 62.5 Å². The van der Waals surface area contributed by atoms with E-state index in [4.69, 9.17) is 5.26 Å². The quantitative estimate of drug-likeness (QED) is 0.362. The number of halogens is 4. The summed E-state index contributed by atoms with van der Waals surface area (Å²) in [6, 6.07) is 14.5. The average Bonchev–Trinajstić information content (AvgIpc) is 2.79. The highest BCUT2D eigenvalue weighted by Gasteiger charge is 2.30. The van der Waals surface area contributed by atoms with Crippen LogP contribution in [0.3, 0.4) is 0 Å².